The molecule has 0 aliphatic heterocycles. The molecule has 0 saturated heterocycles. The fraction of sp³-hybridized carbons (Fsp3) is 0.286. The molecule has 0 radical (unpaired) electrons. The second-order valence-electron chi connectivity index (χ2n) is 2.49. The van der Waals surface area contributed by atoms with E-state index in [9.17, 15) is 13.2 Å². The van der Waals surface area contributed by atoms with Gasteiger partial charge >= 0.3 is 6.18 Å². The largest absolute Gasteiger partial charge is 0.418 e. The molecule has 0 bridgehead atoms. The molecular formula is C7H4Cl2F3NO. The molecule has 7 heteroatoms. The highest BCUT2D eigenvalue weighted by Crippen LogP contribution is 2.33. The Balaban J connectivity index is 3.03. The van der Waals surface area contributed by atoms with Crippen molar-refractivity contribution < 1.29 is 18.3 Å². The van der Waals surface area contributed by atoms with Crippen molar-refractivity contribution in [3.05, 3.63) is 28.0 Å². The Morgan fingerprint density at radius 3 is 2.36 bits per heavy atom. The zero-order valence-corrected chi connectivity index (χ0v) is 8.03. The quantitative estimate of drug-likeness (QED) is 0.772. The topological polar surface area (TPSA) is 33.1 Å². The number of alkyl halides is 3. The van der Waals surface area contributed by atoms with Gasteiger partial charge in [0.25, 0.3) is 0 Å². The Morgan fingerprint density at radius 2 is 1.93 bits per heavy atom. The van der Waals surface area contributed by atoms with Crippen LogP contribution in [0, 0.1) is 0 Å². The van der Waals surface area contributed by atoms with Gasteiger partial charge in [-0.05, 0) is 6.07 Å². The van der Waals surface area contributed by atoms with Gasteiger partial charge in [0.15, 0.2) is 6.10 Å². The van der Waals surface area contributed by atoms with Crippen LogP contribution >= 0.6 is 23.2 Å². The van der Waals surface area contributed by atoms with E-state index in [-0.39, 0.29) is 10.2 Å². The number of rotatable bonds is 1. The van der Waals surface area contributed by atoms with Crippen molar-refractivity contribution in [1.82, 2.24) is 4.98 Å². The number of hydrogen-bond donors (Lipinski definition) is 1. The van der Waals surface area contributed by atoms with Gasteiger partial charge in [-0.25, -0.2) is 4.98 Å². The van der Waals surface area contributed by atoms with Crippen molar-refractivity contribution in [1.29, 1.82) is 0 Å². The average Bonchev–Trinajstić information content (AvgIpc) is 2.07. The monoisotopic (exact) mass is 245 g/mol. The summed E-state index contributed by atoms with van der Waals surface area (Å²) in [5.74, 6) is 0. The van der Waals surface area contributed by atoms with Crippen LogP contribution in [0.4, 0.5) is 13.2 Å². The second-order valence-corrected chi connectivity index (χ2v) is 3.25. The van der Waals surface area contributed by atoms with Crippen LogP contribution in [-0.2, 0) is 0 Å². The normalized spacial score (nSPS) is 14.1. The van der Waals surface area contributed by atoms with E-state index in [0.717, 1.165) is 12.3 Å². The molecule has 1 unspecified atom stereocenters. The van der Waals surface area contributed by atoms with Crippen molar-refractivity contribution in [2.24, 2.45) is 0 Å². The molecule has 78 valence electrons. The van der Waals surface area contributed by atoms with Crippen LogP contribution in [0.15, 0.2) is 12.3 Å². The molecule has 1 atom stereocenters. The maximum Gasteiger partial charge on any atom is 0.418 e. The minimum Gasteiger partial charge on any atom is -0.379 e. The summed E-state index contributed by atoms with van der Waals surface area (Å²) in [4.78, 5) is 3.39. The van der Waals surface area contributed by atoms with E-state index in [1.807, 2.05) is 0 Å². The molecule has 2 nitrogen and oxygen atoms in total. The summed E-state index contributed by atoms with van der Waals surface area (Å²) in [7, 11) is 0. The molecule has 1 N–H and O–H groups in total. The Morgan fingerprint density at radius 1 is 1.36 bits per heavy atom. The Bertz CT molecular complexity index is 342. The number of aliphatic hydroxyl groups excluding tert-OH is 1. The molecule has 1 rings (SSSR count). The molecule has 14 heavy (non-hydrogen) atoms. The SMILES string of the molecule is OC(c1cnc(Cl)c(Cl)c1)C(F)(F)F. The molecule has 0 amide bonds. The van der Waals surface area contributed by atoms with Crippen LogP contribution in [0.2, 0.25) is 10.2 Å². The second kappa shape index (κ2) is 3.92. The molecular weight excluding hydrogens is 242 g/mol. The molecule has 1 heterocycles. The first-order valence-electron chi connectivity index (χ1n) is 3.38. The van der Waals surface area contributed by atoms with Crippen LogP contribution in [0.1, 0.15) is 11.7 Å². The number of aliphatic hydroxyl groups is 1. The first-order valence-corrected chi connectivity index (χ1v) is 4.13. The van der Waals surface area contributed by atoms with Crippen LogP contribution < -0.4 is 0 Å². The van der Waals surface area contributed by atoms with E-state index < -0.39 is 17.8 Å². The van der Waals surface area contributed by atoms with E-state index in [2.05, 4.69) is 4.98 Å². The Hall–Kier alpha value is -0.520. The molecule has 1 aromatic rings. The highest BCUT2D eigenvalue weighted by Gasteiger charge is 2.39. The van der Waals surface area contributed by atoms with Gasteiger partial charge < -0.3 is 5.11 Å². The maximum absolute atomic E-state index is 12.0. The third-order valence-electron chi connectivity index (χ3n) is 1.44. The summed E-state index contributed by atoms with van der Waals surface area (Å²) < 4.78 is 36.0. The smallest absolute Gasteiger partial charge is 0.379 e. The van der Waals surface area contributed by atoms with Crippen molar-refractivity contribution in [2.45, 2.75) is 12.3 Å². The van der Waals surface area contributed by atoms with Crippen LogP contribution in [0.5, 0.6) is 0 Å². The van der Waals surface area contributed by atoms with Crippen molar-refractivity contribution in [2.75, 3.05) is 0 Å². The molecule has 1 aromatic heterocycles. The van der Waals surface area contributed by atoms with Crippen LogP contribution in [0.3, 0.4) is 0 Å². The van der Waals surface area contributed by atoms with Crippen LogP contribution in [-0.4, -0.2) is 16.3 Å². The lowest BCUT2D eigenvalue weighted by molar-refractivity contribution is -0.206. The molecule has 0 aliphatic rings. The standard InChI is InChI=1S/C7H4Cl2F3NO/c8-4-1-3(2-13-6(4)9)5(14)7(10,11)12/h1-2,5,14H. The molecule has 0 aromatic carbocycles. The number of aromatic nitrogens is 1. The van der Waals surface area contributed by atoms with Gasteiger partial charge in [0.05, 0.1) is 5.02 Å². The van der Waals surface area contributed by atoms with Gasteiger partial charge in [-0.1, -0.05) is 23.2 Å². The van der Waals surface area contributed by atoms with Gasteiger partial charge in [0, 0.05) is 11.8 Å². The summed E-state index contributed by atoms with van der Waals surface area (Å²) in [5.41, 5.74) is -0.438. The van der Waals surface area contributed by atoms with E-state index >= 15 is 0 Å². The summed E-state index contributed by atoms with van der Waals surface area (Å²) in [5, 5.41) is 8.57. The minimum absolute atomic E-state index is 0.107. The van der Waals surface area contributed by atoms with Crippen molar-refractivity contribution in [3.63, 3.8) is 0 Å². The van der Waals surface area contributed by atoms with Crippen molar-refractivity contribution in [3.8, 4) is 0 Å². The highest BCUT2D eigenvalue weighted by molar-refractivity contribution is 6.41. The van der Waals surface area contributed by atoms with E-state index in [0.29, 0.717) is 0 Å². The number of pyridine rings is 1. The molecule has 0 spiro atoms. The highest BCUT2D eigenvalue weighted by atomic mass is 35.5. The summed E-state index contributed by atoms with van der Waals surface area (Å²) >= 11 is 10.8. The number of nitrogens with zero attached hydrogens (tertiary/aromatic N) is 1. The third kappa shape index (κ3) is 2.50. The van der Waals surface area contributed by atoms with Crippen molar-refractivity contribution >= 4 is 23.2 Å². The third-order valence-corrected chi connectivity index (χ3v) is 2.13. The summed E-state index contributed by atoms with van der Waals surface area (Å²) in [6.07, 6.45) is -6.50. The Labute approximate surface area is 87.3 Å². The lowest BCUT2D eigenvalue weighted by Crippen LogP contribution is -2.20. The lowest BCUT2D eigenvalue weighted by atomic mass is 10.1. The summed E-state index contributed by atoms with van der Waals surface area (Å²) in [6, 6.07) is 0.926. The number of halogens is 5. The number of hydrogen-bond acceptors (Lipinski definition) is 2. The first-order chi connectivity index (χ1) is 6.32. The zero-order valence-electron chi connectivity index (χ0n) is 6.52. The fourth-order valence-corrected chi connectivity index (χ4v) is 1.05. The lowest BCUT2D eigenvalue weighted by Gasteiger charge is -2.14. The van der Waals surface area contributed by atoms with Gasteiger partial charge in [-0.15, -0.1) is 0 Å². The van der Waals surface area contributed by atoms with E-state index in [1.165, 1.54) is 0 Å². The predicted molar refractivity (Wildman–Crippen MR) is 45.3 cm³/mol. The average molecular weight is 246 g/mol. The predicted octanol–water partition coefficient (Wildman–Crippen LogP) is 2.98. The summed E-state index contributed by atoms with van der Waals surface area (Å²) in [6.45, 7) is 0. The van der Waals surface area contributed by atoms with E-state index in [4.69, 9.17) is 28.3 Å². The van der Waals surface area contributed by atoms with Gasteiger partial charge in [-0.3, -0.25) is 0 Å². The zero-order chi connectivity index (χ0) is 10.9. The maximum atomic E-state index is 12.0. The van der Waals surface area contributed by atoms with Crippen LogP contribution in [0.25, 0.3) is 0 Å². The van der Waals surface area contributed by atoms with Gasteiger partial charge in [0.2, 0.25) is 0 Å². The molecule has 0 saturated carbocycles. The molecule has 0 aliphatic carbocycles. The van der Waals surface area contributed by atoms with Gasteiger partial charge in [-0.2, -0.15) is 13.2 Å². The first kappa shape index (κ1) is 11.6. The fourth-order valence-electron chi connectivity index (χ4n) is 0.775. The van der Waals surface area contributed by atoms with E-state index in [1.54, 1.807) is 0 Å². The van der Waals surface area contributed by atoms with Gasteiger partial charge in [0.1, 0.15) is 5.15 Å². The molecule has 0 fully saturated rings. The Kier molecular flexibility index (Phi) is 3.24. The minimum atomic E-state index is -4.74.